The van der Waals surface area contributed by atoms with Gasteiger partial charge in [0.1, 0.15) is 4.34 Å². The highest BCUT2D eigenvalue weighted by molar-refractivity contribution is 7.20. The standard InChI is InChI=1S/C14H14Cl2N2OS/c1-2-17-8-9-5-3-4-6-11(9)18-14(19)10-7-12(15)20-13(10)16/h3-7,17H,2,8H2,1H3,(H,18,19). The summed E-state index contributed by atoms with van der Waals surface area (Å²) in [6, 6.07) is 9.24. The molecular formula is C14H14Cl2N2OS. The first-order valence-corrected chi connectivity index (χ1v) is 7.74. The van der Waals surface area contributed by atoms with Gasteiger partial charge < -0.3 is 10.6 Å². The molecule has 3 nitrogen and oxygen atoms in total. The van der Waals surface area contributed by atoms with Crippen molar-refractivity contribution in [2.45, 2.75) is 13.5 Å². The zero-order valence-corrected chi connectivity index (χ0v) is 13.2. The van der Waals surface area contributed by atoms with Crippen molar-refractivity contribution >= 4 is 46.1 Å². The Hall–Kier alpha value is -1.07. The smallest absolute Gasteiger partial charge is 0.258 e. The Morgan fingerprint density at radius 3 is 2.70 bits per heavy atom. The van der Waals surface area contributed by atoms with Crippen LogP contribution in [0.15, 0.2) is 30.3 Å². The highest BCUT2D eigenvalue weighted by Crippen LogP contribution is 2.31. The maximum atomic E-state index is 12.2. The molecule has 2 rings (SSSR count). The van der Waals surface area contributed by atoms with E-state index in [2.05, 4.69) is 10.6 Å². The monoisotopic (exact) mass is 328 g/mol. The summed E-state index contributed by atoms with van der Waals surface area (Å²) in [5.74, 6) is -0.248. The van der Waals surface area contributed by atoms with Gasteiger partial charge in [-0.25, -0.2) is 0 Å². The second-order valence-electron chi connectivity index (χ2n) is 4.13. The quantitative estimate of drug-likeness (QED) is 0.853. The Balaban J connectivity index is 2.17. The lowest BCUT2D eigenvalue weighted by Crippen LogP contribution is -2.16. The summed E-state index contributed by atoms with van der Waals surface area (Å²) in [4.78, 5) is 12.2. The predicted octanol–water partition coefficient (Wildman–Crippen LogP) is 4.42. The number of para-hydroxylation sites is 1. The molecule has 20 heavy (non-hydrogen) atoms. The minimum Gasteiger partial charge on any atom is -0.322 e. The van der Waals surface area contributed by atoms with Gasteiger partial charge in [-0.2, -0.15) is 0 Å². The first-order valence-electron chi connectivity index (χ1n) is 6.16. The summed E-state index contributed by atoms with van der Waals surface area (Å²) < 4.78 is 0.901. The maximum Gasteiger partial charge on any atom is 0.258 e. The SMILES string of the molecule is CCNCc1ccccc1NC(=O)c1cc(Cl)sc1Cl. The van der Waals surface area contributed by atoms with Crippen LogP contribution in [0.2, 0.25) is 8.67 Å². The van der Waals surface area contributed by atoms with E-state index in [9.17, 15) is 4.79 Å². The number of rotatable bonds is 5. The van der Waals surface area contributed by atoms with Crippen LogP contribution in [-0.2, 0) is 6.54 Å². The lowest BCUT2D eigenvalue weighted by Gasteiger charge is -2.11. The van der Waals surface area contributed by atoms with Gasteiger partial charge in [0, 0.05) is 12.2 Å². The van der Waals surface area contributed by atoms with Gasteiger partial charge >= 0.3 is 0 Å². The summed E-state index contributed by atoms with van der Waals surface area (Å²) in [5.41, 5.74) is 2.21. The molecule has 0 saturated heterocycles. The van der Waals surface area contributed by atoms with Crippen LogP contribution in [0.4, 0.5) is 5.69 Å². The number of carbonyl (C=O) groups is 1. The fourth-order valence-electron chi connectivity index (χ4n) is 1.74. The van der Waals surface area contributed by atoms with Crippen LogP contribution < -0.4 is 10.6 Å². The molecule has 1 amide bonds. The van der Waals surface area contributed by atoms with Crippen LogP contribution in [0.1, 0.15) is 22.8 Å². The molecule has 106 valence electrons. The number of nitrogens with one attached hydrogen (secondary N) is 2. The fraction of sp³-hybridized carbons (Fsp3) is 0.214. The second kappa shape index (κ2) is 7.09. The van der Waals surface area contributed by atoms with Crippen molar-refractivity contribution < 1.29 is 4.79 Å². The third kappa shape index (κ3) is 3.73. The Labute approximate surface area is 131 Å². The molecular weight excluding hydrogens is 315 g/mol. The van der Waals surface area contributed by atoms with Gasteiger partial charge in [0.15, 0.2) is 0 Å². The molecule has 0 aliphatic rings. The van der Waals surface area contributed by atoms with Gasteiger partial charge in [0.25, 0.3) is 5.91 Å². The number of hydrogen-bond donors (Lipinski definition) is 2. The molecule has 2 aromatic rings. The third-order valence-corrected chi connectivity index (χ3v) is 4.22. The van der Waals surface area contributed by atoms with Gasteiger partial charge in [-0.1, -0.05) is 48.3 Å². The molecule has 1 aromatic heterocycles. The van der Waals surface area contributed by atoms with Crippen LogP contribution in [0, 0.1) is 0 Å². The Kier molecular flexibility index (Phi) is 5.43. The molecule has 0 aliphatic carbocycles. The maximum absolute atomic E-state index is 12.2. The molecule has 0 bridgehead atoms. The molecule has 6 heteroatoms. The van der Waals surface area contributed by atoms with Crippen molar-refractivity contribution in [2.24, 2.45) is 0 Å². The molecule has 0 aliphatic heterocycles. The average Bonchev–Trinajstić information content (AvgIpc) is 2.77. The molecule has 1 heterocycles. The third-order valence-electron chi connectivity index (χ3n) is 2.73. The average molecular weight is 329 g/mol. The Bertz CT molecular complexity index is 613. The number of amides is 1. The van der Waals surface area contributed by atoms with Gasteiger partial charge in [-0.15, -0.1) is 11.3 Å². The van der Waals surface area contributed by atoms with Crippen LogP contribution in [0.25, 0.3) is 0 Å². The molecule has 0 unspecified atom stereocenters. The number of benzene rings is 1. The van der Waals surface area contributed by atoms with Crippen molar-refractivity contribution in [3.8, 4) is 0 Å². The normalized spacial score (nSPS) is 10.6. The van der Waals surface area contributed by atoms with E-state index in [1.807, 2.05) is 31.2 Å². The number of hydrogen-bond acceptors (Lipinski definition) is 3. The van der Waals surface area contributed by atoms with E-state index in [1.54, 1.807) is 6.07 Å². The van der Waals surface area contributed by atoms with Crippen molar-refractivity contribution in [3.05, 3.63) is 50.1 Å². The zero-order chi connectivity index (χ0) is 14.5. The molecule has 0 fully saturated rings. The molecule has 0 atom stereocenters. The first-order chi connectivity index (χ1) is 9.61. The van der Waals surface area contributed by atoms with Crippen LogP contribution in [-0.4, -0.2) is 12.5 Å². The predicted molar refractivity (Wildman–Crippen MR) is 86.1 cm³/mol. The fourth-order valence-corrected chi connectivity index (χ4v) is 3.20. The van der Waals surface area contributed by atoms with Crippen LogP contribution in [0.3, 0.4) is 0 Å². The Morgan fingerprint density at radius 2 is 2.05 bits per heavy atom. The minimum atomic E-state index is -0.248. The highest BCUT2D eigenvalue weighted by atomic mass is 35.5. The van der Waals surface area contributed by atoms with E-state index < -0.39 is 0 Å². The number of halogens is 2. The number of anilines is 1. The van der Waals surface area contributed by atoms with E-state index in [0.717, 1.165) is 17.8 Å². The summed E-state index contributed by atoms with van der Waals surface area (Å²) in [6.45, 7) is 3.60. The lowest BCUT2D eigenvalue weighted by atomic mass is 10.1. The molecule has 2 N–H and O–H groups in total. The first kappa shape index (κ1) is 15.3. The van der Waals surface area contributed by atoms with Crippen LogP contribution in [0.5, 0.6) is 0 Å². The summed E-state index contributed by atoms with van der Waals surface area (Å²) in [6.07, 6.45) is 0. The van der Waals surface area contributed by atoms with Gasteiger partial charge in [0.05, 0.1) is 9.90 Å². The molecule has 0 spiro atoms. The lowest BCUT2D eigenvalue weighted by molar-refractivity contribution is 0.102. The Morgan fingerprint density at radius 1 is 1.30 bits per heavy atom. The van der Waals surface area contributed by atoms with Crippen LogP contribution >= 0.6 is 34.5 Å². The summed E-state index contributed by atoms with van der Waals surface area (Å²) in [7, 11) is 0. The summed E-state index contributed by atoms with van der Waals surface area (Å²) >= 11 is 13.0. The van der Waals surface area contributed by atoms with Crippen molar-refractivity contribution in [3.63, 3.8) is 0 Å². The molecule has 1 aromatic carbocycles. The number of thiophene rings is 1. The van der Waals surface area contributed by atoms with E-state index in [-0.39, 0.29) is 5.91 Å². The second-order valence-corrected chi connectivity index (χ2v) is 6.42. The van der Waals surface area contributed by atoms with E-state index in [1.165, 1.54) is 11.3 Å². The molecule has 0 radical (unpaired) electrons. The molecule has 0 saturated carbocycles. The summed E-state index contributed by atoms with van der Waals surface area (Å²) in [5, 5.41) is 6.11. The van der Waals surface area contributed by atoms with Crippen molar-refractivity contribution in [1.82, 2.24) is 5.32 Å². The van der Waals surface area contributed by atoms with E-state index in [0.29, 0.717) is 20.8 Å². The van der Waals surface area contributed by atoms with Crippen molar-refractivity contribution in [1.29, 1.82) is 0 Å². The topological polar surface area (TPSA) is 41.1 Å². The van der Waals surface area contributed by atoms with Crippen molar-refractivity contribution in [2.75, 3.05) is 11.9 Å². The van der Waals surface area contributed by atoms with Gasteiger partial charge in [-0.05, 0) is 24.2 Å². The van der Waals surface area contributed by atoms with Gasteiger partial charge in [-0.3, -0.25) is 4.79 Å². The highest BCUT2D eigenvalue weighted by Gasteiger charge is 2.15. The van der Waals surface area contributed by atoms with E-state index in [4.69, 9.17) is 23.2 Å². The largest absolute Gasteiger partial charge is 0.322 e. The zero-order valence-electron chi connectivity index (χ0n) is 10.9. The number of carbonyl (C=O) groups excluding carboxylic acids is 1. The van der Waals surface area contributed by atoms with E-state index >= 15 is 0 Å². The minimum absolute atomic E-state index is 0.248. The van der Waals surface area contributed by atoms with Gasteiger partial charge in [0.2, 0.25) is 0 Å².